The fourth-order valence-electron chi connectivity index (χ4n) is 0. The summed E-state index contributed by atoms with van der Waals surface area (Å²) in [6, 6.07) is 0. The minimum absolute atomic E-state index is 1.65. The molecule has 0 aromatic heterocycles. The van der Waals surface area contributed by atoms with Crippen LogP contribution in [0.5, 0.6) is 0 Å². The summed E-state index contributed by atoms with van der Waals surface area (Å²) < 4.78 is 21.0. The fraction of sp³-hybridized carbons (Fsp3) is 1.00. The van der Waals surface area contributed by atoms with Crippen molar-refractivity contribution in [3.05, 3.63) is 0 Å². The van der Waals surface area contributed by atoms with Crippen LogP contribution in [0, 0.1) is 0 Å². The third-order valence-corrected chi connectivity index (χ3v) is 0. The van der Waals surface area contributed by atoms with Crippen molar-refractivity contribution < 1.29 is 4.11 Å². The molecule has 0 spiro atoms. The molecule has 0 bridgehead atoms. The Kier molecular flexibility index (Phi) is 0.402. The third kappa shape index (κ3) is 441. The van der Waals surface area contributed by atoms with E-state index >= 15 is 0 Å². The molecule has 5 heavy (non-hydrogen) atoms. The predicted molar refractivity (Wildman–Crippen MR) is 30.6 cm³/mol. The van der Waals surface area contributed by atoms with Gasteiger partial charge >= 0.3 is 38.3 Å². The average Bonchev–Trinajstić information content (AvgIpc) is 1.25. The Morgan fingerprint density at radius 1 is 1.40 bits per heavy atom. The molecule has 0 aliphatic heterocycles. The zero-order chi connectivity index (χ0) is 7.00. The molecular formula is C4H13Si-. The first-order valence-corrected chi connectivity index (χ1v) is 6.06. The van der Waals surface area contributed by atoms with Crippen LogP contribution in [-0.2, 0) is 0 Å². The van der Waals surface area contributed by atoms with Gasteiger partial charge in [-0.2, -0.15) is 0 Å². The van der Waals surface area contributed by atoms with Gasteiger partial charge in [0, 0.05) is 0 Å². The first kappa shape index (κ1) is 1.78. The molecule has 1 heteroatoms. The molecule has 0 atom stereocenters. The molecule has 0 aliphatic rings. The van der Waals surface area contributed by atoms with E-state index in [1.54, 1.807) is 0 Å². The first-order valence-electron chi connectivity index (χ1n) is 3.52. The molecule has 0 aliphatic carbocycles. The number of hydrogen-bond donors (Lipinski definition) is 0. The Morgan fingerprint density at radius 2 is 1.60 bits per heavy atom. The molecule has 0 radical (unpaired) electrons. The molecule has 0 N–H and O–H groups in total. The van der Waals surface area contributed by atoms with Crippen molar-refractivity contribution in [1.29, 1.82) is 0 Å². The van der Waals surface area contributed by atoms with Crippen LogP contribution in [-0.4, -0.2) is 8.07 Å². The third-order valence-electron chi connectivity index (χ3n) is 0. The molecule has 0 rings (SSSR count). The van der Waals surface area contributed by atoms with E-state index in [1.165, 1.54) is 0 Å². The van der Waals surface area contributed by atoms with Crippen LogP contribution in [0.25, 0.3) is 0 Å². The second-order valence-corrected chi connectivity index (χ2v) is 7.79. The quantitative estimate of drug-likeness (QED) is 0.399. The molecule has 0 aromatic rings. The molecule has 0 amide bonds. The zero-order valence-electron chi connectivity index (χ0n) is 7.08. The van der Waals surface area contributed by atoms with Crippen molar-refractivity contribution in [2.45, 2.75) is 26.1 Å². The molecule has 0 nitrogen and oxygen atoms in total. The van der Waals surface area contributed by atoms with Crippen LogP contribution in [0.4, 0.5) is 0 Å². The summed E-state index contributed by atoms with van der Waals surface area (Å²) in [6.45, 7) is 3.98. The van der Waals surface area contributed by atoms with Crippen molar-refractivity contribution in [3.63, 3.8) is 0 Å². The molecule has 0 aromatic carbocycles. The van der Waals surface area contributed by atoms with E-state index in [2.05, 4.69) is 0 Å². The van der Waals surface area contributed by atoms with Crippen molar-refractivity contribution in [2.75, 3.05) is 0 Å². The van der Waals surface area contributed by atoms with Gasteiger partial charge in [0.15, 0.2) is 0 Å². The molecule has 0 saturated carbocycles. The van der Waals surface area contributed by atoms with Gasteiger partial charge in [-0.3, -0.25) is 0 Å². The Bertz CT molecular complexity index is 66.3. The first-order chi connectivity index (χ1) is 3.25. The standard InChI is InChI=1S/C4H13Si/c1-5(2,3)4/h5H,1-4H3/q-1/i1D3. The van der Waals surface area contributed by atoms with Crippen molar-refractivity contribution in [1.82, 2.24) is 0 Å². The summed E-state index contributed by atoms with van der Waals surface area (Å²) in [5.41, 5.74) is 0. The molecule has 0 unspecified atom stereocenters. The average molecular weight is 92.3 g/mol. The molecule has 0 fully saturated rings. The Morgan fingerprint density at radius 3 is 1.60 bits per heavy atom. The Hall–Kier alpha value is 0.217. The second kappa shape index (κ2) is 1.13. The van der Waals surface area contributed by atoms with Gasteiger partial charge in [-0.25, -0.2) is 0 Å². The van der Waals surface area contributed by atoms with Crippen molar-refractivity contribution in [3.8, 4) is 0 Å². The van der Waals surface area contributed by atoms with Gasteiger partial charge in [-0.1, -0.05) is 0 Å². The Labute approximate surface area is 39.4 Å². The van der Waals surface area contributed by atoms with Crippen LogP contribution >= 0.6 is 0 Å². The van der Waals surface area contributed by atoms with Gasteiger partial charge in [0.25, 0.3) is 0 Å². The van der Waals surface area contributed by atoms with Gasteiger partial charge in [0.1, 0.15) is 0 Å². The van der Waals surface area contributed by atoms with Crippen LogP contribution in [0.15, 0.2) is 0 Å². The maximum atomic E-state index is 6.99. The fourth-order valence-corrected chi connectivity index (χ4v) is 0. The van der Waals surface area contributed by atoms with Gasteiger partial charge in [0.05, 0.1) is 0 Å². The Balaban J connectivity index is 4.02. The summed E-state index contributed by atoms with van der Waals surface area (Å²) in [7, 11) is -2.12. The van der Waals surface area contributed by atoms with E-state index in [1.807, 2.05) is 19.6 Å². The van der Waals surface area contributed by atoms with E-state index in [0.29, 0.717) is 0 Å². The molecular weight excluding hydrogens is 76.1 g/mol. The van der Waals surface area contributed by atoms with Gasteiger partial charge in [0.2, 0.25) is 0 Å². The maximum absolute atomic E-state index is 6.99. The molecule has 0 saturated heterocycles. The summed E-state index contributed by atoms with van der Waals surface area (Å²) in [4.78, 5) is 0. The zero-order valence-corrected chi connectivity index (χ0v) is 5.23. The van der Waals surface area contributed by atoms with E-state index in [-0.39, 0.29) is 0 Å². The topological polar surface area (TPSA) is 0 Å². The monoisotopic (exact) mass is 92.1 g/mol. The summed E-state index contributed by atoms with van der Waals surface area (Å²) in [5.74, 6) is 0. The van der Waals surface area contributed by atoms with Crippen molar-refractivity contribution in [2.24, 2.45) is 0 Å². The normalized spacial score (nSPS) is 26.6. The van der Waals surface area contributed by atoms with E-state index < -0.39 is 14.5 Å². The molecule has 34 valence electrons. The van der Waals surface area contributed by atoms with Crippen LogP contribution in [0.2, 0.25) is 26.1 Å². The van der Waals surface area contributed by atoms with Crippen LogP contribution in [0.1, 0.15) is 4.11 Å². The molecule has 0 heterocycles. The van der Waals surface area contributed by atoms with Crippen molar-refractivity contribution >= 4 is 8.07 Å². The van der Waals surface area contributed by atoms with Gasteiger partial charge in [-0.05, 0) is 0 Å². The van der Waals surface area contributed by atoms with Crippen LogP contribution < -0.4 is 0 Å². The van der Waals surface area contributed by atoms with E-state index in [0.717, 1.165) is 0 Å². The van der Waals surface area contributed by atoms with Gasteiger partial charge < -0.3 is 0 Å². The SMILES string of the molecule is [2H]C([2H])([2H])[SiH-](C)(C)C. The summed E-state index contributed by atoms with van der Waals surface area (Å²) in [6.07, 6.45) is 0. The van der Waals surface area contributed by atoms with Gasteiger partial charge in [-0.15, -0.1) is 0 Å². The number of rotatable bonds is 0. The second-order valence-electron chi connectivity index (χ2n) is 2.60. The number of hydrogen-bond acceptors (Lipinski definition) is 0. The summed E-state index contributed by atoms with van der Waals surface area (Å²) in [5, 5.41) is 0. The van der Waals surface area contributed by atoms with E-state index in [4.69, 9.17) is 4.11 Å². The minimum atomic E-state index is -2.12. The predicted octanol–water partition coefficient (Wildman–Crippen LogP) is 1.69. The van der Waals surface area contributed by atoms with Crippen LogP contribution in [0.3, 0.4) is 0 Å². The summed E-state index contributed by atoms with van der Waals surface area (Å²) >= 11 is 0. The van der Waals surface area contributed by atoms with E-state index in [9.17, 15) is 0 Å².